The van der Waals surface area contributed by atoms with E-state index in [1.165, 1.54) is 12.1 Å². The molecule has 4 heterocycles. The van der Waals surface area contributed by atoms with Gasteiger partial charge in [-0.2, -0.15) is 13.2 Å². The lowest BCUT2D eigenvalue weighted by atomic mass is 9.85. The molecule has 0 spiro atoms. The van der Waals surface area contributed by atoms with E-state index in [2.05, 4.69) is 36.9 Å². The van der Waals surface area contributed by atoms with Crippen LogP contribution in [0, 0.1) is 5.41 Å². The summed E-state index contributed by atoms with van der Waals surface area (Å²) in [7, 11) is 1.94. The van der Waals surface area contributed by atoms with Crippen molar-refractivity contribution in [3.05, 3.63) is 48.4 Å². The number of halogens is 3. The number of hydrogen-bond acceptors (Lipinski definition) is 7. The maximum atomic E-state index is 12.9. The lowest BCUT2D eigenvalue weighted by molar-refractivity contribution is -0.137. The summed E-state index contributed by atoms with van der Waals surface area (Å²) in [5, 5.41) is 9.41. The lowest BCUT2D eigenvalue weighted by Crippen LogP contribution is -2.37. The van der Waals surface area contributed by atoms with Crippen molar-refractivity contribution in [2.24, 2.45) is 12.5 Å². The molecule has 186 valence electrons. The minimum Gasteiger partial charge on any atom is -0.367 e. The Morgan fingerprint density at radius 2 is 1.94 bits per heavy atom. The summed E-state index contributed by atoms with van der Waals surface area (Å²) in [6.07, 6.45) is 2.71. The Hall–Kier alpha value is -2.66. The molecule has 5 rings (SSSR count). The van der Waals surface area contributed by atoms with Crippen LogP contribution in [-0.2, 0) is 13.2 Å². The van der Waals surface area contributed by atoms with Crippen molar-refractivity contribution in [2.45, 2.75) is 37.1 Å². The second-order valence-corrected chi connectivity index (χ2v) is 10.6. The zero-order valence-corrected chi connectivity index (χ0v) is 20.6. The van der Waals surface area contributed by atoms with E-state index in [9.17, 15) is 13.2 Å². The molecule has 35 heavy (non-hydrogen) atoms. The molecule has 0 radical (unpaired) electrons. The lowest BCUT2D eigenvalue weighted by Gasteiger charge is -2.30. The molecule has 2 aromatic heterocycles. The van der Waals surface area contributed by atoms with Gasteiger partial charge in [0.25, 0.3) is 0 Å². The predicted octanol–water partition coefficient (Wildman–Crippen LogP) is 4.37. The van der Waals surface area contributed by atoms with Crippen LogP contribution < -0.4 is 4.90 Å². The first-order valence-electron chi connectivity index (χ1n) is 11.7. The molecule has 0 N–H and O–H groups in total. The van der Waals surface area contributed by atoms with Crippen LogP contribution in [0.1, 0.15) is 25.3 Å². The Kier molecular flexibility index (Phi) is 6.47. The van der Waals surface area contributed by atoms with Gasteiger partial charge >= 0.3 is 6.18 Å². The van der Waals surface area contributed by atoms with Crippen molar-refractivity contribution in [1.29, 1.82) is 0 Å². The number of likely N-dealkylation sites (tertiary alicyclic amines) is 1. The molecule has 2 fully saturated rings. The number of thioether (sulfide) groups is 1. The molecule has 2 aliphatic heterocycles. The Morgan fingerprint density at radius 3 is 2.66 bits per heavy atom. The standard InChI is InChI=1S/C24H28F3N7S/c1-23-8-12-34(18-6-4-17(5-7-18)24(25,26)27)20(23)15-33(16-23)11-3-13-35-22-31-30-21(32(22)2)19-14-28-9-10-29-19/h4-7,9-10,14,20H,3,8,11-13,15-16H2,1-2H3/t20-,23?/m1/s1. The van der Waals surface area contributed by atoms with Crippen LogP contribution in [-0.4, -0.2) is 67.6 Å². The number of rotatable bonds is 7. The van der Waals surface area contributed by atoms with E-state index in [0.29, 0.717) is 17.6 Å². The van der Waals surface area contributed by atoms with Crippen LogP contribution in [0.2, 0.25) is 0 Å². The largest absolute Gasteiger partial charge is 0.416 e. The molecule has 0 aliphatic carbocycles. The molecular formula is C24H28F3N7S. The summed E-state index contributed by atoms with van der Waals surface area (Å²) < 4.78 is 40.8. The summed E-state index contributed by atoms with van der Waals surface area (Å²) in [6, 6.07) is 5.93. The Labute approximate surface area is 206 Å². The molecular weight excluding hydrogens is 475 g/mol. The monoisotopic (exact) mass is 503 g/mol. The summed E-state index contributed by atoms with van der Waals surface area (Å²) in [4.78, 5) is 13.2. The fraction of sp³-hybridized carbons (Fsp3) is 0.500. The van der Waals surface area contributed by atoms with Gasteiger partial charge in [-0.3, -0.25) is 4.98 Å². The number of anilines is 1. The highest BCUT2D eigenvalue weighted by molar-refractivity contribution is 7.99. The quantitative estimate of drug-likeness (QED) is 0.350. The van der Waals surface area contributed by atoms with Crippen molar-refractivity contribution < 1.29 is 13.2 Å². The number of aromatic nitrogens is 5. The highest BCUT2D eigenvalue weighted by Gasteiger charge is 2.50. The van der Waals surface area contributed by atoms with Gasteiger partial charge in [-0.05, 0) is 43.7 Å². The molecule has 2 aliphatic rings. The van der Waals surface area contributed by atoms with E-state index in [1.807, 2.05) is 11.6 Å². The second-order valence-electron chi connectivity index (χ2n) is 9.55. The molecule has 11 heteroatoms. The van der Waals surface area contributed by atoms with Gasteiger partial charge in [0, 0.05) is 62.0 Å². The first-order chi connectivity index (χ1) is 16.7. The van der Waals surface area contributed by atoms with Gasteiger partial charge in [0.15, 0.2) is 11.0 Å². The van der Waals surface area contributed by atoms with Crippen LogP contribution in [0.4, 0.5) is 18.9 Å². The minimum absolute atomic E-state index is 0.158. The molecule has 0 amide bonds. The maximum Gasteiger partial charge on any atom is 0.416 e. The first kappa shape index (κ1) is 24.1. The molecule has 2 atom stereocenters. The average Bonchev–Trinajstić information content (AvgIpc) is 3.47. The third-order valence-corrected chi connectivity index (χ3v) is 8.23. The van der Waals surface area contributed by atoms with E-state index in [-0.39, 0.29) is 5.41 Å². The van der Waals surface area contributed by atoms with Crippen molar-refractivity contribution in [3.8, 4) is 11.5 Å². The van der Waals surface area contributed by atoms with Gasteiger partial charge in [-0.15, -0.1) is 10.2 Å². The molecule has 7 nitrogen and oxygen atoms in total. The molecule has 0 bridgehead atoms. The zero-order valence-electron chi connectivity index (χ0n) is 19.7. The van der Waals surface area contributed by atoms with Crippen LogP contribution in [0.3, 0.4) is 0 Å². The normalized spacial score (nSPS) is 22.7. The van der Waals surface area contributed by atoms with E-state index < -0.39 is 11.7 Å². The van der Waals surface area contributed by atoms with E-state index in [1.54, 1.807) is 42.5 Å². The summed E-state index contributed by atoms with van der Waals surface area (Å²) >= 11 is 1.68. The van der Waals surface area contributed by atoms with E-state index in [0.717, 1.165) is 55.6 Å². The Morgan fingerprint density at radius 1 is 1.14 bits per heavy atom. The zero-order chi connectivity index (χ0) is 24.6. The summed E-state index contributed by atoms with van der Waals surface area (Å²) in [5.41, 5.74) is 1.14. The fourth-order valence-corrected chi connectivity index (χ4v) is 6.08. The molecule has 0 saturated carbocycles. The first-order valence-corrected chi connectivity index (χ1v) is 12.7. The highest BCUT2D eigenvalue weighted by atomic mass is 32.2. The number of fused-ring (bicyclic) bond motifs is 1. The van der Waals surface area contributed by atoms with Crippen molar-refractivity contribution in [2.75, 3.05) is 36.8 Å². The van der Waals surface area contributed by atoms with Crippen molar-refractivity contribution in [3.63, 3.8) is 0 Å². The minimum atomic E-state index is -4.30. The number of nitrogens with zero attached hydrogens (tertiary/aromatic N) is 7. The summed E-state index contributed by atoms with van der Waals surface area (Å²) in [6.45, 7) is 6.12. The Balaban J connectivity index is 1.14. The fourth-order valence-electron chi connectivity index (χ4n) is 5.25. The van der Waals surface area contributed by atoms with Gasteiger partial charge < -0.3 is 14.4 Å². The smallest absolute Gasteiger partial charge is 0.367 e. The molecule has 1 unspecified atom stereocenters. The topological polar surface area (TPSA) is 63.0 Å². The SMILES string of the molecule is Cn1c(SCCCN2C[C@H]3N(c4ccc(C(F)(F)F)cc4)CCC3(C)C2)nnc1-c1cnccn1. The van der Waals surface area contributed by atoms with Crippen molar-refractivity contribution >= 4 is 17.4 Å². The van der Waals surface area contributed by atoms with E-state index >= 15 is 0 Å². The number of alkyl halides is 3. The third kappa shape index (κ3) is 4.88. The van der Waals surface area contributed by atoms with Crippen LogP contribution in [0.5, 0.6) is 0 Å². The highest BCUT2D eigenvalue weighted by Crippen LogP contribution is 2.44. The van der Waals surface area contributed by atoms with Gasteiger partial charge in [-0.1, -0.05) is 18.7 Å². The van der Waals surface area contributed by atoms with E-state index in [4.69, 9.17) is 0 Å². The molecule has 2 saturated heterocycles. The number of hydrogen-bond donors (Lipinski definition) is 0. The maximum absolute atomic E-state index is 12.9. The van der Waals surface area contributed by atoms with Crippen LogP contribution >= 0.6 is 11.8 Å². The van der Waals surface area contributed by atoms with Crippen molar-refractivity contribution in [1.82, 2.24) is 29.6 Å². The molecule has 1 aromatic carbocycles. The third-order valence-electron chi connectivity index (χ3n) is 7.12. The summed E-state index contributed by atoms with van der Waals surface area (Å²) in [5.74, 6) is 1.62. The average molecular weight is 504 g/mol. The Bertz CT molecular complexity index is 1150. The second kappa shape index (κ2) is 9.42. The van der Waals surface area contributed by atoms with Gasteiger partial charge in [0.1, 0.15) is 5.69 Å². The van der Waals surface area contributed by atoms with Crippen LogP contribution in [0.25, 0.3) is 11.5 Å². The van der Waals surface area contributed by atoms with Gasteiger partial charge in [0.2, 0.25) is 0 Å². The molecule has 3 aromatic rings. The van der Waals surface area contributed by atoms with Gasteiger partial charge in [-0.25, -0.2) is 4.98 Å². The number of benzene rings is 1. The van der Waals surface area contributed by atoms with Gasteiger partial charge in [0.05, 0.1) is 11.8 Å². The predicted molar refractivity (Wildman–Crippen MR) is 129 cm³/mol. The van der Waals surface area contributed by atoms with Crippen LogP contribution in [0.15, 0.2) is 48.0 Å².